The summed E-state index contributed by atoms with van der Waals surface area (Å²) in [5, 5.41) is 0.792. The molecule has 35 heavy (non-hydrogen) atoms. The molecule has 8 heteroatoms. The van der Waals surface area contributed by atoms with Gasteiger partial charge in [0, 0.05) is 46.2 Å². The van der Waals surface area contributed by atoms with E-state index in [9.17, 15) is 8.42 Å². The second-order valence-corrected chi connectivity index (χ2v) is 11.4. The van der Waals surface area contributed by atoms with Crippen molar-refractivity contribution in [3.63, 3.8) is 0 Å². The molecule has 3 heterocycles. The number of hydrogen-bond donors (Lipinski definition) is 0. The summed E-state index contributed by atoms with van der Waals surface area (Å²) in [4.78, 5) is 14.9. The van der Waals surface area contributed by atoms with Crippen molar-refractivity contribution in [1.82, 2.24) is 18.9 Å². The molecule has 0 spiro atoms. The fourth-order valence-electron chi connectivity index (χ4n) is 3.93. The van der Waals surface area contributed by atoms with E-state index in [2.05, 4.69) is 21.9 Å². The van der Waals surface area contributed by atoms with Crippen LogP contribution in [0.5, 0.6) is 0 Å². The standard InChI is InChI=1S/C27H24N4O2S2/c1-4-34-21-7-10-26-23(14-21)24(17-31(26)35(32,33)22-8-5-18(2)6-9-22)27-29-15-20(16-30-27)25-13-19(3)11-12-28-25/h5-17H,4H2,1-3H3. The zero-order chi connectivity index (χ0) is 24.6. The zero-order valence-electron chi connectivity index (χ0n) is 19.6. The van der Waals surface area contributed by atoms with E-state index < -0.39 is 10.0 Å². The molecule has 0 saturated carbocycles. The van der Waals surface area contributed by atoms with Crippen molar-refractivity contribution in [2.75, 3.05) is 5.75 Å². The highest BCUT2D eigenvalue weighted by Crippen LogP contribution is 2.34. The molecule has 2 aromatic carbocycles. The topological polar surface area (TPSA) is 77.7 Å². The molecule has 0 aliphatic rings. The first kappa shape index (κ1) is 23.3. The van der Waals surface area contributed by atoms with Crippen molar-refractivity contribution in [2.45, 2.75) is 30.6 Å². The van der Waals surface area contributed by atoms with Crippen molar-refractivity contribution >= 4 is 32.7 Å². The van der Waals surface area contributed by atoms with E-state index in [1.165, 1.54) is 3.97 Å². The molecule has 5 aromatic rings. The summed E-state index contributed by atoms with van der Waals surface area (Å²) >= 11 is 1.70. The van der Waals surface area contributed by atoms with Crippen LogP contribution in [0.15, 0.2) is 89.2 Å². The summed E-state index contributed by atoms with van der Waals surface area (Å²) in [5.41, 5.74) is 4.95. The number of pyridine rings is 1. The highest BCUT2D eigenvalue weighted by atomic mass is 32.2. The van der Waals surface area contributed by atoms with Crippen LogP contribution in [0.25, 0.3) is 33.5 Å². The molecule has 0 fully saturated rings. The monoisotopic (exact) mass is 500 g/mol. The first-order valence-corrected chi connectivity index (χ1v) is 13.6. The van der Waals surface area contributed by atoms with Gasteiger partial charge in [-0.3, -0.25) is 4.98 Å². The number of hydrogen-bond acceptors (Lipinski definition) is 6. The third-order valence-electron chi connectivity index (χ3n) is 5.73. The molecule has 0 aliphatic carbocycles. The first-order valence-electron chi connectivity index (χ1n) is 11.2. The Kier molecular flexibility index (Phi) is 6.17. The minimum Gasteiger partial charge on any atom is -0.256 e. The van der Waals surface area contributed by atoms with Crippen LogP contribution in [0.2, 0.25) is 0 Å². The fraction of sp³-hybridized carbons (Fsp3) is 0.148. The maximum Gasteiger partial charge on any atom is 0.268 e. The second kappa shape index (κ2) is 9.28. The molecule has 0 unspecified atom stereocenters. The van der Waals surface area contributed by atoms with Crippen LogP contribution in [0.1, 0.15) is 18.1 Å². The van der Waals surface area contributed by atoms with Crippen LogP contribution in [0.3, 0.4) is 0 Å². The highest BCUT2D eigenvalue weighted by Gasteiger charge is 2.23. The average Bonchev–Trinajstić information content (AvgIpc) is 3.24. The van der Waals surface area contributed by atoms with Gasteiger partial charge < -0.3 is 0 Å². The van der Waals surface area contributed by atoms with Crippen LogP contribution in [0.4, 0.5) is 0 Å². The molecule has 6 nitrogen and oxygen atoms in total. The van der Waals surface area contributed by atoms with Crippen molar-refractivity contribution < 1.29 is 8.42 Å². The predicted molar refractivity (Wildman–Crippen MR) is 141 cm³/mol. The van der Waals surface area contributed by atoms with Gasteiger partial charge in [0.05, 0.1) is 16.1 Å². The lowest BCUT2D eigenvalue weighted by atomic mass is 10.1. The molecule has 176 valence electrons. The van der Waals surface area contributed by atoms with Crippen LogP contribution >= 0.6 is 11.8 Å². The normalized spacial score (nSPS) is 11.7. The van der Waals surface area contributed by atoms with Gasteiger partial charge in [-0.25, -0.2) is 22.4 Å². The van der Waals surface area contributed by atoms with Gasteiger partial charge in [0.15, 0.2) is 5.82 Å². The van der Waals surface area contributed by atoms with Gasteiger partial charge in [-0.05, 0) is 67.6 Å². The number of benzene rings is 2. The Balaban J connectivity index is 1.66. The van der Waals surface area contributed by atoms with Gasteiger partial charge in [0.25, 0.3) is 10.0 Å². The molecule has 0 bridgehead atoms. The van der Waals surface area contributed by atoms with Crippen molar-refractivity contribution in [3.05, 3.63) is 90.5 Å². The van der Waals surface area contributed by atoms with Gasteiger partial charge in [0.1, 0.15) is 0 Å². The van der Waals surface area contributed by atoms with Crippen LogP contribution in [-0.4, -0.2) is 33.1 Å². The molecule has 3 aromatic heterocycles. The third kappa shape index (κ3) is 4.47. The summed E-state index contributed by atoms with van der Waals surface area (Å²) < 4.78 is 28.5. The first-order chi connectivity index (χ1) is 16.9. The molecule has 0 atom stereocenters. The number of nitrogens with zero attached hydrogens (tertiary/aromatic N) is 4. The maximum absolute atomic E-state index is 13.6. The van der Waals surface area contributed by atoms with Gasteiger partial charge in [-0.15, -0.1) is 11.8 Å². The van der Waals surface area contributed by atoms with Gasteiger partial charge in [0.2, 0.25) is 0 Å². The zero-order valence-corrected chi connectivity index (χ0v) is 21.3. The molecular weight excluding hydrogens is 476 g/mol. The Hall–Kier alpha value is -3.49. The van der Waals surface area contributed by atoms with E-state index >= 15 is 0 Å². The predicted octanol–water partition coefficient (Wildman–Crippen LogP) is 6.13. The van der Waals surface area contributed by atoms with Crippen LogP contribution in [-0.2, 0) is 10.0 Å². The number of thioether (sulfide) groups is 1. The number of aromatic nitrogens is 4. The molecule has 0 N–H and O–H groups in total. The number of aryl methyl sites for hydroxylation is 2. The molecule has 0 amide bonds. The molecule has 5 rings (SSSR count). The summed E-state index contributed by atoms with van der Waals surface area (Å²) in [7, 11) is -3.81. The molecular formula is C27H24N4O2S2. The van der Waals surface area contributed by atoms with E-state index in [1.807, 2.05) is 44.2 Å². The van der Waals surface area contributed by atoms with E-state index in [-0.39, 0.29) is 4.90 Å². The van der Waals surface area contributed by atoms with E-state index in [0.29, 0.717) is 16.9 Å². The van der Waals surface area contributed by atoms with Crippen molar-refractivity contribution in [3.8, 4) is 22.6 Å². The Morgan fingerprint density at radius 3 is 2.31 bits per heavy atom. The Morgan fingerprint density at radius 2 is 1.63 bits per heavy atom. The summed E-state index contributed by atoms with van der Waals surface area (Å²) in [5.74, 6) is 1.38. The fourth-order valence-corrected chi connectivity index (χ4v) is 6.00. The van der Waals surface area contributed by atoms with Crippen molar-refractivity contribution in [2.24, 2.45) is 0 Å². The lowest BCUT2D eigenvalue weighted by Gasteiger charge is -2.08. The Bertz CT molecular complexity index is 1620. The van der Waals surface area contributed by atoms with E-state index in [0.717, 1.165) is 38.4 Å². The minimum absolute atomic E-state index is 0.236. The lowest BCUT2D eigenvalue weighted by molar-refractivity contribution is 0.589. The second-order valence-electron chi connectivity index (χ2n) is 8.28. The van der Waals surface area contributed by atoms with Gasteiger partial charge in [-0.1, -0.05) is 24.6 Å². The summed E-state index contributed by atoms with van der Waals surface area (Å²) in [6.45, 7) is 6.03. The van der Waals surface area contributed by atoms with Gasteiger partial charge in [-0.2, -0.15) is 0 Å². The largest absolute Gasteiger partial charge is 0.268 e. The summed E-state index contributed by atoms with van der Waals surface area (Å²) in [6.07, 6.45) is 6.84. The Labute approximate surface area is 209 Å². The smallest absolute Gasteiger partial charge is 0.256 e. The maximum atomic E-state index is 13.6. The Morgan fingerprint density at radius 1 is 0.886 bits per heavy atom. The highest BCUT2D eigenvalue weighted by molar-refractivity contribution is 7.99. The number of rotatable bonds is 6. The van der Waals surface area contributed by atoms with Crippen molar-refractivity contribution in [1.29, 1.82) is 0 Å². The quantitative estimate of drug-likeness (QED) is 0.261. The third-order valence-corrected chi connectivity index (χ3v) is 8.30. The SMILES string of the molecule is CCSc1ccc2c(c1)c(-c1ncc(-c3cc(C)ccn3)cn1)cn2S(=O)(=O)c1ccc(C)cc1. The van der Waals surface area contributed by atoms with E-state index in [1.54, 1.807) is 60.8 Å². The lowest BCUT2D eigenvalue weighted by Crippen LogP contribution is -2.11. The van der Waals surface area contributed by atoms with E-state index in [4.69, 9.17) is 0 Å². The van der Waals surface area contributed by atoms with Gasteiger partial charge >= 0.3 is 0 Å². The summed E-state index contributed by atoms with van der Waals surface area (Å²) in [6, 6.07) is 16.6. The average molecular weight is 501 g/mol. The van der Waals surface area contributed by atoms with Crippen LogP contribution in [0, 0.1) is 13.8 Å². The van der Waals surface area contributed by atoms with Crippen LogP contribution < -0.4 is 0 Å². The molecule has 0 saturated heterocycles. The number of fused-ring (bicyclic) bond motifs is 1. The molecule has 0 aliphatic heterocycles. The minimum atomic E-state index is -3.81. The molecule has 0 radical (unpaired) electrons.